The fraction of sp³-hybridized carbons (Fsp3) is 0.200. The van der Waals surface area contributed by atoms with E-state index in [1.54, 1.807) is 0 Å². The van der Waals surface area contributed by atoms with Gasteiger partial charge in [-0.15, -0.1) is 11.3 Å². The maximum Gasteiger partial charge on any atom is 0.309 e. The van der Waals surface area contributed by atoms with Gasteiger partial charge in [0.15, 0.2) is 0 Å². The molecule has 6 heteroatoms. The molecule has 1 heterocycles. The van der Waals surface area contributed by atoms with Gasteiger partial charge in [0.1, 0.15) is 0 Å². The fourth-order valence-electron chi connectivity index (χ4n) is 2.72. The van der Waals surface area contributed by atoms with E-state index in [0.29, 0.717) is 0 Å². The molecule has 0 bridgehead atoms. The minimum atomic E-state index is -0.866. The molecule has 3 aromatic rings. The molecular formula is C20H20N2O3S. The zero-order valence-electron chi connectivity index (χ0n) is 14.3. The van der Waals surface area contributed by atoms with Gasteiger partial charge in [-0.3, -0.25) is 9.59 Å². The molecule has 0 aliphatic rings. The second-order valence-electron chi connectivity index (χ2n) is 6.02. The third kappa shape index (κ3) is 4.09. The Bertz CT molecular complexity index is 908. The Labute approximate surface area is 155 Å². The molecule has 134 valence electrons. The van der Waals surface area contributed by atoms with Gasteiger partial charge in [-0.05, 0) is 29.3 Å². The average molecular weight is 368 g/mol. The summed E-state index contributed by atoms with van der Waals surface area (Å²) in [7, 11) is 0. The van der Waals surface area contributed by atoms with Crippen LogP contribution in [0.15, 0.2) is 60.0 Å². The predicted molar refractivity (Wildman–Crippen MR) is 103 cm³/mol. The highest BCUT2D eigenvalue weighted by atomic mass is 32.1. The smallest absolute Gasteiger partial charge is 0.309 e. The summed E-state index contributed by atoms with van der Waals surface area (Å²) in [6, 6.07) is 16.9. The maximum atomic E-state index is 12.0. The molecule has 5 nitrogen and oxygen atoms in total. The Hall–Kier alpha value is -2.70. The Morgan fingerprint density at radius 2 is 1.73 bits per heavy atom. The molecule has 0 radical (unpaired) electrons. The first-order chi connectivity index (χ1) is 12.6. The molecular weight excluding hydrogens is 348 g/mol. The summed E-state index contributed by atoms with van der Waals surface area (Å²) in [4.78, 5) is 24.1. The number of aliphatic hydroxyl groups excluding tert-OH is 1. The van der Waals surface area contributed by atoms with Crippen LogP contribution in [0.3, 0.4) is 0 Å². The Morgan fingerprint density at radius 1 is 1.04 bits per heavy atom. The van der Waals surface area contributed by atoms with Crippen molar-refractivity contribution in [2.45, 2.75) is 19.1 Å². The highest BCUT2D eigenvalue weighted by Gasteiger charge is 2.19. The summed E-state index contributed by atoms with van der Waals surface area (Å²) < 4.78 is 1.07. The molecule has 3 N–H and O–H groups in total. The lowest BCUT2D eigenvalue weighted by atomic mass is 10.1. The van der Waals surface area contributed by atoms with Gasteiger partial charge < -0.3 is 15.7 Å². The van der Waals surface area contributed by atoms with Crippen molar-refractivity contribution < 1.29 is 14.7 Å². The van der Waals surface area contributed by atoms with Gasteiger partial charge in [0, 0.05) is 16.8 Å². The van der Waals surface area contributed by atoms with Crippen molar-refractivity contribution in [1.82, 2.24) is 10.6 Å². The van der Waals surface area contributed by atoms with Gasteiger partial charge in [0.25, 0.3) is 0 Å². The van der Waals surface area contributed by atoms with Gasteiger partial charge >= 0.3 is 11.8 Å². The molecule has 2 amide bonds. The largest absolute Gasteiger partial charge is 0.387 e. The van der Waals surface area contributed by atoms with Crippen molar-refractivity contribution >= 4 is 33.2 Å². The number of thiophene rings is 1. The van der Waals surface area contributed by atoms with E-state index in [-0.39, 0.29) is 12.6 Å². The lowest BCUT2D eigenvalue weighted by Gasteiger charge is -2.15. The third-order valence-corrected chi connectivity index (χ3v) is 5.16. The van der Waals surface area contributed by atoms with E-state index in [9.17, 15) is 14.7 Å². The molecule has 2 atom stereocenters. The molecule has 0 saturated carbocycles. The highest BCUT2D eigenvalue weighted by Crippen LogP contribution is 2.29. The van der Waals surface area contributed by atoms with Gasteiger partial charge in [-0.25, -0.2) is 0 Å². The summed E-state index contributed by atoms with van der Waals surface area (Å²) in [5.41, 5.74) is 1.67. The maximum absolute atomic E-state index is 12.0. The van der Waals surface area contributed by atoms with Crippen LogP contribution in [0.2, 0.25) is 0 Å². The van der Waals surface area contributed by atoms with Crippen LogP contribution in [-0.2, 0) is 9.59 Å². The molecule has 2 aromatic carbocycles. The number of amides is 2. The first-order valence-electron chi connectivity index (χ1n) is 8.34. The van der Waals surface area contributed by atoms with Crippen LogP contribution in [0.5, 0.6) is 0 Å². The van der Waals surface area contributed by atoms with Crippen molar-refractivity contribution in [3.8, 4) is 0 Å². The number of hydrogen-bond acceptors (Lipinski definition) is 4. The quantitative estimate of drug-likeness (QED) is 0.606. The van der Waals surface area contributed by atoms with E-state index < -0.39 is 17.9 Å². The van der Waals surface area contributed by atoms with Crippen molar-refractivity contribution in [2.75, 3.05) is 6.54 Å². The zero-order valence-corrected chi connectivity index (χ0v) is 15.1. The summed E-state index contributed by atoms with van der Waals surface area (Å²) in [6.07, 6.45) is -0.866. The van der Waals surface area contributed by atoms with E-state index in [1.807, 2.05) is 66.9 Å². The summed E-state index contributed by atoms with van der Waals surface area (Å²) in [6.45, 7) is 1.79. The Kier molecular flexibility index (Phi) is 5.65. The standard InChI is InChI=1S/C20H20N2O3S/c1-13(14-7-3-2-4-8-14)22-20(25)19(24)21-11-17(23)16-12-26-18-10-6-5-9-15(16)18/h2-10,12-13,17,23H,11H2,1H3,(H,21,24)(H,22,25)/t13-,17+/m1/s1. The Balaban J connectivity index is 1.55. The topological polar surface area (TPSA) is 78.4 Å². The third-order valence-electron chi connectivity index (χ3n) is 4.18. The average Bonchev–Trinajstić information content (AvgIpc) is 3.10. The van der Waals surface area contributed by atoms with Crippen LogP contribution in [0, 0.1) is 0 Å². The fourth-order valence-corrected chi connectivity index (χ4v) is 3.73. The van der Waals surface area contributed by atoms with Crippen molar-refractivity contribution in [3.63, 3.8) is 0 Å². The summed E-state index contributed by atoms with van der Waals surface area (Å²) in [5.74, 6) is -1.48. The van der Waals surface area contributed by atoms with Crippen LogP contribution in [0.4, 0.5) is 0 Å². The lowest BCUT2D eigenvalue weighted by molar-refractivity contribution is -0.139. The van der Waals surface area contributed by atoms with Crippen molar-refractivity contribution in [1.29, 1.82) is 0 Å². The highest BCUT2D eigenvalue weighted by molar-refractivity contribution is 7.17. The minimum Gasteiger partial charge on any atom is -0.387 e. The van der Waals surface area contributed by atoms with Crippen molar-refractivity contribution in [2.24, 2.45) is 0 Å². The zero-order chi connectivity index (χ0) is 18.5. The molecule has 0 aliphatic carbocycles. The number of carbonyl (C=O) groups excluding carboxylic acids is 2. The number of benzene rings is 2. The number of nitrogens with one attached hydrogen (secondary N) is 2. The molecule has 0 unspecified atom stereocenters. The molecule has 0 saturated heterocycles. The predicted octanol–water partition coefficient (Wildman–Crippen LogP) is 2.93. The van der Waals surface area contributed by atoms with E-state index in [1.165, 1.54) is 11.3 Å². The first kappa shape index (κ1) is 18.1. The van der Waals surface area contributed by atoms with Crippen LogP contribution in [0.1, 0.15) is 30.2 Å². The lowest BCUT2D eigenvalue weighted by Crippen LogP contribution is -2.42. The van der Waals surface area contributed by atoms with Crippen LogP contribution in [-0.4, -0.2) is 23.5 Å². The van der Waals surface area contributed by atoms with E-state index in [0.717, 1.165) is 21.2 Å². The minimum absolute atomic E-state index is 0.0211. The summed E-state index contributed by atoms with van der Waals surface area (Å²) >= 11 is 1.54. The van der Waals surface area contributed by atoms with Crippen LogP contribution >= 0.6 is 11.3 Å². The van der Waals surface area contributed by atoms with Gasteiger partial charge in [0.2, 0.25) is 0 Å². The molecule has 0 fully saturated rings. The number of carbonyl (C=O) groups is 2. The molecule has 3 rings (SSSR count). The van der Waals surface area contributed by atoms with Crippen LogP contribution < -0.4 is 10.6 Å². The van der Waals surface area contributed by atoms with E-state index >= 15 is 0 Å². The summed E-state index contributed by atoms with van der Waals surface area (Å²) in [5, 5.41) is 18.3. The molecule has 1 aromatic heterocycles. The molecule has 26 heavy (non-hydrogen) atoms. The van der Waals surface area contributed by atoms with E-state index in [2.05, 4.69) is 10.6 Å². The SMILES string of the molecule is C[C@@H](NC(=O)C(=O)NC[C@H](O)c1csc2ccccc12)c1ccccc1. The molecule has 0 aliphatic heterocycles. The number of aliphatic hydroxyl groups is 1. The van der Waals surface area contributed by atoms with Crippen molar-refractivity contribution in [3.05, 3.63) is 71.1 Å². The number of rotatable bonds is 5. The Morgan fingerprint density at radius 3 is 2.50 bits per heavy atom. The monoisotopic (exact) mass is 368 g/mol. The molecule has 0 spiro atoms. The van der Waals surface area contributed by atoms with Gasteiger partial charge in [0.05, 0.1) is 12.1 Å². The number of fused-ring (bicyclic) bond motifs is 1. The normalized spacial score (nSPS) is 13.2. The second-order valence-corrected chi connectivity index (χ2v) is 6.93. The van der Waals surface area contributed by atoms with Crippen LogP contribution in [0.25, 0.3) is 10.1 Å². The first-order valence-corrected chi connectivity index (χ1v) is 9.22. The van der Waals surface area contributed by atoms with E-state index in [4.69, 9.17) is 0 Å². The number of hydrogen-bond donors (Lipinski definition) is 3. The second kappa shape index (κ2) is 8.12. The van der Waals surface area contributed by atoms with Gasteiger partial charge in [-0.1, -0.05) is 48.5 Å². The van der Waals surface area contributed by atoms with Gasteiger partial charge in [-0.2, -0.15) is 0 Å².